The first-order chi connectivity index (χ1) is 12.7. The van der Waals surface area contributed by atoms with E-state index >= 15 is 0 Å². The maximum Gasteiger partial charge on any atom is 0.534 e. The number of hydrogen-bond donors (Lipinski definition) is 1. The fraction of sp³-hybridized carbons (Fsp3) is 0.526. The second-order valence-corrected chi connectivity index (χ2v) is 9.28. The van der Waals surface area contributed by atoms with Gasteiger partial charge < -0.3 is 14.8 Å². The van der Waals surface area contributed by atoms with E-state index < -0.39 is 35.4 Å². The molecule has 1 aromatic rings. The van der Waals surface area contributed by atoms with Crippen LogP contribution < -0.4 is 10.4 Å². The van der Waals surface area contributed by atoms with Crippen molar-refractivity contribution in [2.45, 2.75) is 65.2 Å². The van der Waals surface area contributed by atoms with Gasteiger partial charge in [0.25, 0.3) is 5.91 Å². The van der Waals surface area contributed by atoms with Crippen molar-refractivity contribution in [2.75, 3.05) is 5.06 Å². The van der Waals surface area contributed by atoms with Gasteiger partial charge in [-0.1, -0.05) is 22.0 Å². The van der Waals surface area contributed by atoms with Gasteiger partial charge in [-0.25, -0.2) is 9.59 Å². The second kappa shape index (κ2) is 7.98. The quantitative estimate of drug-likeness (QED) is 0.673. The molecule has 1 heterocycles. The molecule has 1 aromatic carbocycles. The summed E-state index contributed by atoms with van der Waals surface area (Å²) in [6, 6.07) is 4.28. The number of carbonyl (C=O) groups excluding carboxylic acids is 3. The van der Waals surface area contributed by atoms with Crippen molar-refractivity contribution in [3.05, 3.63) is 28.2 Å². The molecule has 1 N–H and O–H groups in total. The Kier molecular flexibility index (Phi) is 6.27. The van der Waals surface area contributed by atoms with Gasteiger partial charge in [-0.3, -0.25) is 9.63 Å². The summed E-state index contributed by atoms with van der Waals surface area (Å²) in [5, 5.41) is 3.38. The first-order valence-electron chi connectivity index (χ1n) is 8.78. The number of rotatable bonds is 2. The molecule has 0 radical (unpaired) electrons. The van der Waals surface area contributed by atoms with Gasteiger partial charge >= 0.3 is 12.2 Å². The van der Waals surface area contributed by atoms with Crippen molar-refractivity contribution in [1.82, 2.24) is 5.32 Å². The Morgan fingerprint density at radius 3 is 2.29 bits per heavy atom. The molecule has 0 spiro atoms. The molecule has 2 amide bonds. The molecule has 0 bridgehead atoms. The summed E-state index contributed by atoms with van der Waals surface area (Å²) in [5.74, 6) is -0.609. The van der Waals surface area contributed by atoms with Gasteiger partial charge in [-0.05, 0) is 59.2 Å². The van der Waals surface area contributed by atoms with E-state index in [1.165, 1.54) is 0 Å². The van der Waals surface area contributed by atoms with Crippen LogP contribution in [0.3, 0.4) is 0 Å². The maximum atomic E-state index is 12.9. The SMILES string of the molecule is CC(C)(C)OC(=O)N[C@H]1Cc2ccc(Br)cc2N(OC(=O)OC(C)(C)C)C1=O. The van der Waals surface area contributed by atoms with Crippen molar-refractivity contribution < 1.29 is 28.7 Å². The Morgan fingerprint density at radius 1 is 1.11 bits per heavy atom. The highest BCUT2D eigenvalue weighted by Gasteiger charge is 2.38. The molecular weight excluding hydrogens is 432 g/mol. The van der Waals surface area contributed by atoms with Gasteiger partial charge in [0.05, 0.1) is 5.69 Å². The summed E-state index contributed by atoms with van der Waals surface area (Å²) in [6.07, 6.45) is -1.53. The van der Waals surface area contributed by atoms with Crippen molar-refractivity contribution in [2.24, 2.45) is 0 Å². The van der Waals surface area contributed by atoms with E-state index in [2.05, 4.69) is 21.2 Å². The molecule has 0 saturated heterocycles. The smallest absolute Gasteiger partial charge is 0.444 e. The normalized spacial score (nSPS) is 16.9. The molecule has 0 fully saturated rings. The Bertz CT molecular complexity index is 782. The Balaban J connectivity index is 2.26. The molecule has 0 aromatic heterocycles. The van der Waals surface area contributed by atoms with Crippen LogP contribution >= 0.6 is 15.9 Å². The minimum atomic E-state index is -1.02. The number of fused-ring (bicyclic) bond motifs is 1. The number of hydroxylamine groups is 1. The van der Waals surface area contributed by atoms with Crippen molar-refractivity contribution in [3.63, 3.8) is 0 Å². The predicted octanol–water partition coefficient (Wildman–Crippen LogP) is 4.10. The number of amides is 2. The molecule has 28 heavy (non-hydrogen) atoms. The van der Waals surface area contributed by atoms with Crippen LogP contribution in [0.1, 0.15) is 47.1 Å². The third kappa shape index (κ3) is 6.12. The molecule has 1 aliphatic rings. The highest BCUT2D eigenvalue weighted by molar-refractivity contribution is 9.10. The number of nitrogens with one attached hydrogen (secondary N) is 1. The Morgan fingerprint density at radius 2 is 1.71 bits per heavy atom. The summed E-state index contributed by atoms with van der Waals surface area (Å²) in [6.45, 7) is 10.2. The number of nitrogens with zero attached hydrogens (tertiary/aromatic N) is 1. The van der Waals surface area contributed by atoms with E-state index in [0.717, 1.165) is 5.06 Å². The van der Waals surface area contributed by atoms with Crippen molar-refractivity contribution >= 4 is 39.8 Å². The maximum absolute atomic E-state index is 12.9. The zero-order valence-electron chi connectivity index (χ0n) is 16.8. The van der Waals surface area contributed by atoms with Gasteiger partial charge in [-0.2, -0.15) is 0 Å². The minimum Gasteiger partial charge on any atom is -0.444 e. The molecular formula is C19H25BrN2O6. The molecule has 0 saturated carbocycles. The van der Waals surface area contributed by atoms with E-state index in [1.807, 2.05) is 0 Å². The lowest BCUT2D eigenvalue weighted by Gasteiger charge is -2.33. The number of carbonyl (C=O) groups is 3. The number of anilines is 1. The van der Waals surface area contributed by atoms with Gasteiger partial charge in [-0.15, -0.1) is 5.06 Å². The van der Waals surface area contributed by atoms with Gasteiger partial charge in [0.15, 0.2) is 0 Å². The minimum absolute atomic E-state index is 0.231. The van der Waals surface area contributed by atoms with Gasteiger partial charge in [0.2, 0.25) is 0 Å². The Labute approximate surface area is 172 Å². The average molecular weight is 457 g/mol. The molecule has 1 aliphatic heterocycles. The first-order valence-corrected chi connectivity index (χ1v) is 9.57. The van der Waals surface area contributed by atoms with Gasteiger partial charge in [0, 0.05) is 10.9 Å². The lowest BCUT2D eigenvalue weighted by atomic mass is 9.99. The van der Waals surface area contributed by atoms with Gasteiger partial charge in [0.1, 0.15) is 17.2 Å². The molecule has 154 valence electrons. The average Bonchev–Trinajstić information content (AvgIpc) is 2.48. The van der Waals surface area contributed by atoms with Crippen molar-refractivity contribution in [3.8, 4) is 0 Å². The van der Waals surface area contributed by atoms with E-state index in [1.54, 1.807) is 59.7 Å². The number of alkyl carbamates (subject to hydrolysis) is 1. The number of benzene rings is 1. The molecule has 8 nitrogen and oxygen atoms in total. The topological polar surface area (TPSA) is 94.2 Å². The largest absolute Gasteiger partial charge is 0.534 e. The van der Waals surface area contributed by atoms with Crippen molar-refractivity contribution in [1.29, 1.82) is 0 Å². The molecule has 9 heteroatoms. The summed E-state index contributed by atoms with van der Waals surface area (Å²) in [7, 11) is 0. The van der Waals surface area contributed by atoms with E-state index in [0.29, 0.717) is 15.7 Å². The highest BCUT2D eigenvalue weighted by atomic mass is 79.9. The highest BCUT2D eigenvalue weighted by Crippen LogP contribution is 2.31. The predicted molar refractivity (Wildman–Crippen MR) is 106 cm³/mol. The van der Waals surface area contributed by atoms with E-state index in [-0.39, 0.29) is 6.42 Å². The summed E-state index contributed by atoms with van der Waals surface area (Å²) in [5.41, 5.74) is -0.388. The Hall–Kier alpha value is -2.29. The van der Waals surface area contributed by atoms with Crippen LogP contribution in [0.4, 0.5) is 15.3 Å². The summed E-state index contributed by atoms with van der Waals surface area (Å²) < 4.78 is 11.1. The van der Waals surface area contributed by atoms with Crippen LogP contribution in [0.15, 0.2) is 22.7 Å². The molecule has 0 unspecified atom stereocenters. The van der Waals surface area contributed by atoms with Crippen LogP contribution in [0.2, 0.25) is 0 Å². The zero-order valence-corrected chi connectivity index (χ0v) is 18.4. The van der Waals surface area contributed by atoms with Crippen LogP contribution in [0.25, 0.3) is 0 Å². The zero-order chi connectivity index (χ0) is 21.3. The fourth-order valence-electron chi connectivity index (χ4n) is 2.47. The van der Waals surface area contributed by atoms with Crippen LogP contribution in [-0.4, -0.2) is 35.4 Å². The summed E-state index contributed by atoms with van der Waals surface area (Å²) in [4.78, 5) is 42.3. The lowest BCUT2D eigenvalue weighted by Crippen LogP contribution is -2.54. The van der Waals surface area contributed by atoms with Crippen LogP contribution in [-0.2, 0) is 25.5 Å². The van der Waals surface area contributed by atoms with E-state index in [9.17, 15) is 14.4 Å². The lowest BCUT2D eigenvalue weighted by molar-refractivity contribution is -0.128. The number of halogens is 1. The van der Waals surface area contributed by atoms with E-state index in [4.69, 9.17) is 14.3 Å². The monoisotopic (exact) mass is 456 g/mol. The number of hydrogen-bond acceptors (Lipinski definition) is 6. The van der Waals surface area contributed by atoms with Crippen LogP contribution in [0, 0.1) is 0 Å². The molecule has 2 rings (SSSR count). The summed E-state index contributed by atoms with van der Waals surface area (Å²) >= 11 is 3.34. The molecule has 1 atom stereocenters. The fourth-order valence-corrected chi connectivity index (χ4v) is 2.82. The third-order valence-corrected chi connectivity index (χ3v) is 3.93. The molecule has 0 aliphatic carbocycles. The number of ether oxygens (including phenoxy) is 2. The third-order valence-electron chi connectivity index (χ3n) is 3.43. The standard InChI is InChI=1S/C19H25BrN2O6/c1-18(2,3)26-16(24)21-13-9-11-7-8-12(20)10-14(11)22(15(13)23)28-17(25)27-19(4,5)6/h7-8,10,13H,9H2,1-6H3,(H,21,24)/t13-/m0/s1. The van der Waals surface area contributed by atoms with Crippen LogP contribution in [0.5, 0.6) is 0 Å². The first kappa shape index (κ1) is 22.0. The second-order valence-electron chi connectivity index (χ2n) is 8.36.